The Morgan fingerprint density at radius 2 is 1.75 bits per heavy atom. The van der Waals surface area contributed by atoms with E-state index >= 15 is 0 Å². The molecule has 0 spiro atoms. The first-order chi connectivity index (χ1) is 9.52. The molecule has 0 radical (unpaired) electrons. The Morgan fingerprint density at radius 3 is 2.30 bits per heavy atom. The lowest BCUT2D eigenvalue weighted by Gasteiger charge is -2.17. The quantitative estimate of drug-likeness (QED) is 0.803. The number of carbonyl (C=O) groups is 1. The predicted octanol–water partition coefficient (Wildman–Crippen LogP) is 3.35. The van der Waals surface area contributed by atoms with E-state index < -0.39 is 0 Å². The predicted molar refractivity (Wildman–Crippen MR) is 77.5 cm³/mol. The zero-order valence-corrected chi connectivity index (χ0v) is 11.7. The van der Waals surface area contributed by atoms with E-state index in [-0.39, 0.29) is 11.8 Å². The molecule has 0 aliphatic heterocycles. The smallest absolute Gasteiger partial charge is 0.337 e. The van der Waals surface area contributed by atoms with Crippen LogP contribution in [0.4, 0.5) is 10.1 Å². The van der Waals surface area contributed by atoms with Gasteiger partial charge in [0.25, 0.3) is 0 Å². The highest BCUT2D eigenvalue weighted by molar-refractivity contribution is 5.90. The number of esters is 1. The summed E-state index contributed by atoms with van der Waals surface area (Å²) >= 11 is 0. The maximum atomic E-state index is 13.4. The van der Waals surface area contributed by atoms with Gasteiger partial charge >= 0.3 is 5.97 Å². The minimum atomic E-state index is -0.372. The standard InChI is InChI=1S/C16H16FNO2/c1-18(2)15-10-13(17)8-9-14(15)11-4-6-12(7-5-11)16(19)20-3/h4-10H,1-3H3. The van der Waals surface area contributed by atoms with Crippen LogP contribution in [0.3, 0.4) is 0 Å². The SMILES string of the molecule is COC(=O)c1ccc(-c2ccc(F)cc2N(C)C)cc1. The van der Waals surface area contributed by atoms with Gasteiger partial charge in [0.05, 0.1) is 12.7 Å². The second kappa shape index (κ2) is 5.74. The number of rotatable bonds is 3. The third-order valence-electron chi connectivity index (χ3n) is 3.06. The van der Waals surface area contributed by atoms with E-state index in [0.717, 1.165) is 16.8 Å². The van der Waals surface area contributed by atoms with Crippen molar-refractivity contribution in [2.75, 3.05) is 26.1 Å². The molecule has 0 fully saturated rings. The van der Waals surface area contributed by atoms with Gasteiger partial charge in [0.2, 0.25) is 0 Å². The van der Waals surface area contributed by atoms with E-state index in [1.54, 1.807) is 18.2 Å². The van der Waals surface area contributed by atoms with Gasteiger partial charge < -0.3 is 9.64 Å². The fourth-order valence-corrected chi connectivity index (χ4v) is 2.02. The van der Waals surface area contributed by atoms with E-state index in [1.165, 1.54) is 19.2 Å². The van der Waals surface area contributed by atoms with Crippen LogP contribution >= 0.6 is 0 Å². The van der Waals surface area contributed by atoms with E-state index in [2.05, 4.69) is 4.74 Å². The molecule has 0 saturated carbocycles. The lowest BCUT2D eigenvalue weighted by atomic mass is 10.0. The van der Waals surface area contributed by atoms with Crippen molar-refractivity contribution in [3.63, 3.8) is 0 Å². The largest absolute Gasteiger partial charge is 0.465 e. The van der Waals surface area contributed by atoms with Gasteiger partial charge in [-0.05, 0) is 35.9 Å². The van der Waals surface area contributed by atoms with Gasteiger partial charge in [0, 0.05) is 25.3 Å². The third-order valence-corrected chi connectivity index (χ3v) is 3.06. The molecule has 104 valence electrons. The van der Waals surface area contributed by atoms with Crippen molar-refractivity contribution in [2.24, 2.45) is 0 Å². The number of hydrogen-bond acceptors (Lipinski definition) is 3. The molecule has 0 unspecified atom stereocenters. The van der Waals surface area contributed by atoms with Crippen LogP contribution < -0.4 is 4.90 Å². The summed E-state index contributed by atoms with van der Waals surface area (Å²) in [4.78, 5) is 13.3. The molecule has 0 N–H and O–H groups in total. The van der Waals surface area contributed by atoms with Crippen LogP contribution in [-0.2, 0) is 4.74 Å². The number of nitrogens with zero attached hydrogens (tertiary/aromatic N) is 1. The maximum Gasteiger partial charge on any atom is 0.337 e. The second-order valence-corrected chi connectivity index (χ2v) is 4.62. The number of methoxy groups -OCH3 is 1. The van der Waals surface area contributed by atoms with Crippen molar-refractivity contribution in [1.82, 2.24) is 0 Å². The molecular formula is C16H16FNO2. The van der Waals surface area contributed by atoms with Crippen molar-refractivity contribution >= 4 is 11.7 Å². The van der Waals surface area contributed by atoms with E-state index in [9.17, 15) is 9.18 Å². The van der Waals surface area contributed by atoms with Crippen LogP contribution in [-0.4, -0.2) is 27.2 Å². The van der Waals surface area contributed by atoms with Crippen LogP contribution in [0.25, 0.3) is 11.1 Å². The fourth-order valence-electron chi connectivity index (χ4n) is 2.02. The van der Waals surface area contributed by atoms with Crippen molar-refractivity contribution < 1.29 is 13.9 Å². The summed E-state index contributed by atoms with van der Waals surface area (Å²) in [5.41, 5.74) is 3.11. The fraction of sp³-hybridized carbons (Fsp3) is 0.188. The number of anilines is 1. The maximum absolute atomic E-state index is 13.4. The van der Waals surface area contributed by atoms with Gasteiger partial charge in [-0.3, -0.25) is 0 Å². The number of hydrogen-bond donors (Lipinski definition) is 0. The number of ether oxygens (including phenoxy) is 1. The van der Waals surface area contributed by atoms with Crippen LogP contribution in [0.15, 0.2) is 42.5 Å². The van der Waals surface area contributed by atoms with Gasteiger partial charge in [0.15, 0.2) is 0 Å². The normalized spacial score (nSPS) is 10.2. The molecule has 2 aromatic carbocycles. The Labute approximate surface area is 117 Å². The summed E-state index contributed by atoms with van der Waals surface area (Å²) in [7, 11) is 5.07. The van der Waals surface area contributed by atoms with Crippen molar-refractivity contribution in [3.8, 4) is 11.1 Å². The Kier molecular flexibility index (Phi) is 4.03. The molecule has 0 bridgehead atoms. The first-order valence-electron chi connectivity index (χ1n) is 6.18. The number of benzene rings is 2. The first kappa shape index (κ1) is 14.1. The zero-order chi connectivity index (χ0) is 14.7. The van der Waals surface area contributed by atoms with Gasteiger partial charge in [-0.25, -0.2) is 9.18 Å². The minimum absolute atomic E-state index is 0.274. The molecule has 0 heterocycles. The number of halogens is 1. The van der Waals surface area contributed by atoms with Crippen molar-refractivity contribution in [2.45, 2.75) is 0 Å². The minimum Gasteiger partial charge on any atom is -0.465 e. The van der Waals surface area contributed by atoms with E-state index in [1.807, 2.05) is 31.1 Å². The van der Waals surface area contributed by atoms with E-state index in [4.69, 9.17) is 0 Å². The molecule has 4 heteroatoms. The van der Waals surface area contributed by atoms with Gasteiger partial charge in [-0.15, -0.1) is 0 Å². The summed E-state index contributed by atoms with van der Waals surface area (Å²) in [5, 5.41) is 0. The third kappa shape index (κ3) is 2.79. The molecule has 3 nitrogen and oxygen atoms in total. The van der Waals surface area contributed by atoms with Crippen molar-refractivity contribution in [1.29, 1.82) is 0 Å². The van der Waals surface area contributed by atoms with E-state index in [0.29, 0.717) is 5.56 Å². The Bertz CT molecular complexity index is 621. The average molecular weight is 273 g/mol. The molecule has 0 atom stereocenters. The molecule has 20 heavy (non-hydrogen) atoms. The first-order valence-corrected chi connectivity index (χ1v) is 6.18. The highest BCUT2D eigenvalue weighted by Gasteiger charge is 2.10. The second-order valence-electron chi connectivity index (χ2n) is 4.62. The lowest BCUT2D eigenvalue weighted by Crippen LogP contribution is -2.10. The summed E-state index contributed by atoms with van der Waals surface area (Å²) in [6.45, 7) is 0. The molecular weight excluding hydrogens is 257 g/mol. The monoisotopic (exact) mass is 273 g/mol. The summed E-state index contributed by atoms with van der Waals surface area (Å²) in [5.74, 6) is -0.646. The van der Waals surface area contributed by atoms with Crippen LogP contribution in [0.2, 0.25) is 0 Å². The van der Waals surface area contributed by atoms with Crippen LogP contribution in [0.1, 0.15) is 10.4 Å². The molecule has 0 aromatic heterocycles. The molecule has 2 aromatic rings. The van der Waals surface area contributed by atoms with Gasteiger partial charge in [-0.1, -0.05) is 12.1 Å². The molecule has 0 amide bonds. The van der Waals surface area contributed by atoms with Crippen LogP contribution in [0, 0.1) is 5.82 Å². The summed E-state index contributed by atoms with van der Waals surface area (Å²) < 4.78 is 18.0. The summed E-state index contributed by atoms with van der Waals surface area (Å²) in [6, 6.07) is 11.7. The van der Waals surface area contributed by atoms with Crippen molar-refractivity contribution in [3.05, 3.63) is 53.8 Å². The Morgan fingerprint density at radius 1 is 1.10 bits per heavy atom. The molecule has 2 rings (SSSR count). The van der Waals surface area contributed by atoms with Gasteiger partial charge in [0.1, 0.15) is 5.82 Å². The Balaban J connectivity index is 2.44. The lowest BCUT2D eigenvalue weighted by molar-refractivity contribution is 0.0601. The van der Waals surface area contributed by atoms with Crippen LogP contribution in [0.5, 0.6) is 0 Å². The molecule has 0 saturated heterocycles. The highest BCUT2D eigenvalue weighted by atomic mass is 19.1. The zero-order valence-electron chi connectivity index (χ0n) is 11.7. The Hall–Kier alpha value is -2.36. The molecule has 0 aliphatic rings. The number of carbonyl (C=O) groups excluding carboxylic acids is 1. The van der Waals surface area contributed by atoms with Gasteiger partial charge in [-0.2, -0.15) is 0 Å². The molecule has 0 aliphatic carbocycles. The summed E-state index contributed by atoms with van der Waals surface area (Å²) in [6.07, 6.45) is 0. The highest BCUT2D eigenvalue weighted by Crippen LogP contribution is 2.30. The topological polar surface area (TPSA) is 29.5 Å². The average Bonchev–Trinajstić information content (AvgIpc) is 2.46.